The van der Waals surface area contributed by atoms with E-state index in [9.17, 15) is 4.79 Å². The van der Waals surface area contributed by atoms with Crippen molar-refractivity contribution in [3.05, 3.63) is 29.8 Å². The van der Waals surface area contributed by atoms with E-state index < -0.39 is 5.97 Å². The molecule has 4 heteroatoms. The first-order chi connectivity index (χ1) is 8.67. The maximum atomic E-state index is 10.5. The van der Waals surface area contributed by atoms with Crippen LogP contribution < -0.4 is 9.47 Å². The minimum Gasteiger partial charge on any atom is -0.497 e. The molecule has 0 atom stereocenters. The van der Waals surface area contributed by atoms with Crippen molar-refractivity contribution in [3.8, 4) is 23.3 Å². The Balaban J connectivity index is 2.98. The molecule has 1 aromatic rings. The molecular formula is C14H14O4. The summed E-state index contributed by atoms with van der Waals surface area (Å²) in [5, 5.41) is 8.63. The van der Waals surface area contributed by atoms with Gasteiger partial charge in [0.15, 0.2) is 0 Å². The highest BCUT2D eigenvalue weighted by Crippen LogP contribution is 2.25. The van der Waals surface area contributed by atoms with Gasteiger partial charge in [-0.05, 0) is 31.2 Å². The molecule has 0 bridgehead atoms. The van der Waals surface area contributed by atoms with Crippen LogP contribution in [0.1, 0.15) is 12.5 Å². The largest absolute Gasteiger partial charge is 0.497 e. The average Bonchev–Trinajstić information content (AvgIpc) is 2.37. The molecule has 0 saturated carbocycles. The van der Waals surface area contributed by atoms with E-state index in [2.05, 4.69) is 11.8 Å². The lowest BCUT2D eigenvalue weighted by atomic mass is 10.1. The van der Waals surface area contributed by atoms with Gasteiger partial charge in [0, 0.05) is 11.6 Å². The summed E-state index contributed by atoms with van der Waals surface area (Å²) in [7, 11) is 1.54. The fraction of sp³-hybridized carbons (Fsp3) is 0.214. The number of benzene rings is 1. The van der Waals surface area contributed by atoms with Crippen LogP contribution in [-0.4, -0.2) is 24.8 Å². The third kappa shape index (κ3) is 4.22. The maximum absolute atomic E-state index is 10.5. The molecule has 0 radical (unpaired) electrons. The molecule has 0 unspecified atom stereocenters. The van der Waals surface area contributed by atoms with Gasteiger partial charge in [-0.1, -0.05) is 5.92 Å². The van der Waals surface area contributed by atoms with E-state index in [0.717, 1.165) is 6.08 Å². The van der Waals surface area contributed by atoms with Crippen LogP contribution >= 0.6 is 0 Å². The quantitative estimate of drug-likeness (QED) is 0.639. The van der Waals surface area contributed by atoms with Gasteiger partial charge in [-0.25, -0.2) is 4.79 Å². The Morgan fingerprint density at radius 1 is 1.50 bits per heavy atom. The second kappa shape index (κ2) is 7.02. The summed E-state index contributed by atoms with van der Waals surface area (Å²) in [6.45, 7) is 1.99. The van der Waals surface area contributed by atoms with Crippen molar-refractivity contribution < 1.29 is 19.4 Å². The highest BCUT2D eigenvalue weighted by Gasteiger charge is 2.03. The Hall–Kier alpha value is -2.41. The highest BCUT2D eigenvalue weighted by atomic mass is 16.5. The first-order valence-electron chi connectivity index (χ1n) is 5.29. The number of carbonyl (C=O) groups is 1. The minimum atomic E-state index is -1.02. The first-order valence-corrected chi connectivity index (χ1v) is 5.29. The van der Waals surface area contributed by atoms with Crippen molar-refractivity contribution in [1.82, 2.24) is 0 Å². The summed E-state index contributed by atoms with van der Waals surface area (Å²) in [5.74, 6) is 5.67. The Kier molecular flexibility index (Phi) is 5.33. The zero-order valence-electron chi connectivity index (χ0n) is 10.3. The van der Waals surface area contributed by atoms with Gasteiger partial charge >= 0.3 is 5.97 Å². The van der Waals surface area contributed by atoms with Crippen molar-refractivity contribution >= 4 is 12.0 Å². The van der Waals surface area contributed by atoms with Gasteiger partial charge < -0.3 is 14.6 Å². The number of hydrogen-bond donors (Lipinski definition) is 1. The molecule has 0 aromatic heterocycles. The Labute approximate surface area is 106 Å². The van der Waals surface area contributed by atoms with Gasteiger partial charge in [0.25, 0.3) is 0 Å². The molecule has 94 valence electrons. The summed E-state index contributed by atoms with van der Waals surface area (Å²) in [6, 6.07) is 5.17. The van der Waals surface area contributed by atoms with Crippen LogP contribution in [0.25, 0.3) is 6.08 Å². The summed E-state index contributed by atoms with van der Waals surface area (Å²) in [5.41, 5.74) is 0.634. The molecule has 18 heavy (non-hydrogen) atoms. The SMILES string of the molecule is CC#CCOc1ccc(OC)cc1/C=C/C(=O)O. The summed E-state index contributed by atoms with van der Waals surface area (Å²) >= 11 is 0. The smallest absolute Gasteiger partial charge is 0.328 e. The Morgan fingerprint density at radius 3 is 2.89 bits per heavy atom. The van der Waals surface area contributed by atoms with Gasteiger partial charge in [0.05, 0.1) is 7.11 Å². The van der Waals surface area contributed by atoms with E-state index in [0.29, 0.717) is 17.1 Å². The number of rotatable bonds is 5. The second-order valence-electron chi connectivity index (χ2n) is 3.29. The van der Waals surface area contributed by atoms with Crippen molar-refractivity contribution in [2.24, 2.45) is 0 Å². The van der Waals surface area contributed by atoms with Crippen LogP contribution in [0.4, 0.5) is 0 Å². The molecule has 1 N–H and O–H groups in total. The molecule has 0 aliphatic carbocycles. The number of carboxylic acid groups (broad SMARTS) is 1. The van der Waals surface area contributed by atoms with Crippen molar-refractivity contribution in [2.75, 3.05) is 13.7 Å². The maximum Gasteiger partial charge on any atom is 0.328 e. The molecule has 1 aromatic carbocycles. The van der Waals surface area contributed by atoms with E-state index in [1.807, 2.05) is 0 Å². The molecule has 4 nitrogen and oxygen atoms in total. The number of carboxylic acids is 1. The summed E-state index contributed by atoms with van der Waals surface area (Å²) in [6.07, 6.45) is 2.51. The number of methoxy groups -OCH3 is 1. The van der Waals surface area contributed by atoms with Crippen LogP contribution in [0, 0.1) is 11.8 Å². The topological polar surface area (TPSA) is 55.8 Å². The fourth-order valence-electron chi connectivity index (χ4n) is 1.26. The molecule has 0 aliphatic rings. The Morgan fingerprint density at radius 2 is 2.28 bits per heavy atom. The predicted octanol–water partition coefficient (Wildman–Crippen LogP) is 2.20. The molecule has 0 heterocycles. The highest BCUT2D eigenvalue weighted by molar-refractivity contribution is 5.86. The molecule has 0 saturated heterocycles. The third-order valence-corrected chi connectivity index (χ3v) is 2.10. The molecule has 0 amide bonds. The molecule has 0 aliphatic heterocycles. The Bertz CT molecular complexity index is 506. The molecule has 1 rings (SSSR count). The minimum absolute atomic E-state index is 0.261. The van der Waals surface area contributed by atoms with Crippen molar-refractivity contribution in [3.63, 3.8) is 0 Å². The summed E-state index contributed by atoms with van der Waals surface area (Å²) < 4.78 is 10.5. The van der Waals surface area contributed by atoms with Gasteiger partial charge in [0.1, 0.15) is 18.1 Å². The fourth-order valence-corrected chi connectivity index (χ4v) is 1.26. The van der Waals surface area contributed by atoms with E-state index in [1.54, 1.807) is 32.2 Å². The average molecular weight is 246 g/mol. The van der Waals surface area contributed by atoms with Crippen LogP contribution in [0.15, 0.2) is 24.3 Å². The van der Waals surface area contributed by atoms with Crippen LogP contribution in [0.3, 0.4) is 0 Å². The van der Waals surface area contributed by atoms with Crippen molar-refractivity contribution in [1.29, 1.82) is 0 Å². The lowest BCUT2D eigenvalue weighted by molar-refractivity contribution is -0.131. The van der Waals surface area contributed by atoms with Crippen LogP contribution in [0.2, 0.25) is 0 Å². The zero-order valence-corrected chi connectivity index (χ0v) is 10.3. The van der Waals surface area contributed by atoms with Gasteiger partial charge in [-0.15, -0.1) is 5.92 Å². The molecule has 0 fully saturated rings. The number of aliphatic carboxylic acids is 1. The van der Waals surface area contributed by atoms with Gasteiger partial charge in [-0.3, -0.25) is 0 Å². The normalized spacial score (nSPS) is 9.67. The lowest BCUT2D eigenvalue weighted by Gasteiger charge is -2.08. The molecule has 0 spiro atoms. The van der Waals surface area contributed by atoms with Gasteiger partial charge in [-0.2, -0.15) is 0 Å². The van der Waals surface area contributed by atoms with Crippen molar-refractivity contribution in [2.45, 2.75) is 6.92 Å². The van der Waals surface area contributed by atoms with E-state index in [1.165, 1.54) is 6.08 Å². The zero-order chi connectivity index (χ0) is 13.4. The van der Waals surface area contributed by atoms with Crippen LogP contribution in [0.5, 0.6) is 11.5 Å². The predicted molar refractivity (Wildman–Crippen MR) is 68.6 cm³/mol. The summed E-state index contributed by atoms with van der Waals surface area (Å²) in [4.78, 5) is 10.5. The number of hydrogen-bond acceptors (Lipinski definition) is 3. The van der Waals surface area contributed by atoms with E-state index >= 15 is 0 Å². The van der Waals surface area contributed by atoms with E-state index in [-0.39, 0.29) is 6.61 Å². The second-order valence-corrected chi connectivity index (χ2v) is 3.29. The standard InChI is InChI=1S/C14H14O4/c1-3-4-9-18-13-7-6-12(17-2)10-11(13)5-8-14(15)16/h5-8,10H,9H2,1-2H3,(H,15,16)/b8-5+. The van der Waals surface area contributed by atoms with Gasteiger partial charge in [0.2, 0.25) is 0 Å². The lowest BCUT2D eigenvalue weighted by Crippen LogP contribution is -1.97. The monoisotopic (exact) mass is 246 g/mol. The first kappa shape index (κ1) is 13.7. The third-order valence-electron chi connectivity index (χ3n) is 2.10. The number of ether oxygens (including phenoxy) is 2. The molecular weight excluding hydrogens is 232 g/mol. The van der Waals surface area contributed by atoms with Crippen LogP contribution in [-0.2, 0) is 4.79 Å². The van der Waals surface area contributed by atoms with E-state index in [4.69, 9.17) is 14.6 Å².